The molecule has 0 spiro atoms. The predicted octanol–water partition coefficient (Wildman–Crippen LogP) is 2.16. The van der Waals surface area contributed by atoms with Crippen LogP contribution in [0.5, 0.6) is 0 Å². The van der Waals surface area contributed by atoms with Crippen molar-refractivity contribution in [3.63, 3.8) is 0 Å². The molecule has 0 fully saturated rings. The number of anilines is 1. The maximum atomic E-state index is 12.7. The SMILES string of the molecule is Cc1cccc(C)c1NC(=O)COC(=O)[C@H](C)NS(=O)(=O)c1cccc2nsnc12. The van der Waals surface area contributed by atoms with Crippen molar-refractivity contribution in [3.05, 3.63) is 47.5 Å². The zero-order valence-electron chi connectivity index (χ0n) is 16.5. The number of sulfonamides is 1. The molecule has 0 saturated carbocycles. The highest BCUT2D eigenvalue weighted by molar-refractivity contribution is 7.89. The highest BCUT2D eigenvalue weighted by atomic mass is 32.2. The van der Waals surface area contributed by atoms with Crippen LogP contribution in [0.3, 0.4) is 0 Å². The molecule has 9 nitrogen and oxygen atoms in total. The Bertz CT molecular complexity index is 1190. The largest absolute Gasteiger partial charge is 0.454 e. The van der Waals surface area contributed by atoms with E-state index in [2.05, 4.69) is 18.8 Å². The van der Waals surface area contributed by atoms with Crippen LogP contribution in [0.25, 0.3) is 11.0 Å². The number of carbonyl (C=O) groups is 2. The van der Waals surface area contributed by atoms with Crippen molar-refractivity contribution in [1.29, 1.82) is 0 Å². The molecule has 1 aromatic heterocycles. The van der Waals surface area contributed by atoms with E-state index in [4.69, 9.17) is 4.74 Å². The van der Waals surface area contributed by atoms with Gasteiger partial charge in [0.25, 0.3) is 5.91 Å². The molecule has 0 aliphatic rings. The third-order valence-electron chi connectivity index (χ3n) is 4.32. The van der Waals surface area contributed by atoms with E-state index in [1.54, 1.807) is 12.1 Å². The number of fused-ring (bicyclic) bond motifs is 1. The van der Waals surface area contributed by atoms with Crippen LogP contribution < -0.4 is 10.0 Å². The van der Waals surface area contributed by atoms with E-state index in [1.165, 1.54) is 13.0 Å². The van der Waals surface area contributed by atoms with Crippen molar-refractivity contribution in [3.8, 4) is 0 Å². The van der Waals surface area contributed by atoms with Crippen molar-refractivity contribution in [2.24, 2.45) is 0 Å². The van der Waals surface area contributed by atoms with E-state index < -0.39 is 34.5 Å². The first-order chi connectivity index (χ1) is 14.2. The summed E-state index contributed by atoms with van der Waals surface area (Å²) < 4.78 is 40.5. The molecule has 1 amide bonds. The number of hydrogen-bond donors (Lipinski definition) is 2. The summed E-state index contributed by atoms with van der Waals surface area (Å²) in [5, 5.41) is 2.70. The monoisotopic (exact) mass is 448 g/mol. The highest BCUT2D eigenvalue weighted by Gasteiger charge is 2.26. The van der Waals surface area contributed by atoms with Gasteiger partial charge in [-0.3, -0.25) is 9.59 Å². The average Bonchev–Trinajstić information content (AvgIpc) is 3.17. The molecular weight excluding hydrogens is 428 g/mol. The molecule has 3 rings (SSSR count). The summed E-state index contributed by atoms with van der Waals surface area (Å²) in [6.07, 6.45) is 0. The molecule has 0 radical (unpaired) electrons. The molecule has 1 heterocycles. The number of rotatable bonds is 7. The Hall–Kier alpha value is -2.89. The minimum atomic E-state index is -4.05. The van der Waals surface area contributed by atoms with Crippen LogP contribution in [0.15, 0.2) is 41.3 Å². The molecule has 0 bridgehead atoms. The number of benzene rings is 2. The molecule has 2 aromatic carbocycles. The lowest BCUT2D eigenvalue weighted by atomic mass is 10.1. The van der Waals surface area contributed by atoms with Gasteiger partial charge in [0.1, 0.15) is 22.0 Å². The van der Waals surface area contributed by atoms with Gasteiger partial charge in [-0.2, -0.15) is 13.5 Å². The maximum absolute atomic E-state index is 12.7. The van der Waals surface area contributed by atoms with E-state index in [9.17, 15) is 18.0 Å². The fraction of sp³-hybridized carbons (Fsp3) is 0.263. The number of esters is 1. The lowest BCUT2D eigenvalue weighted by Crippen LogP contribution is -2.40. The number of nitrogens with zero attached hydrogens (tertiary/aromatic N) is 2. The molecule has 11 heteroatoms. The second kappa shape index (κ2) is 8.86. The summed E-state index contributed by atoms with van der Waals surface area (Å²) in [5.41, 5.74) is 3.07. The second-order valence-electron chi connectivity index (χ2n) is 6.65. The Morgan fingerprint density at radius 1 is 1.10 bits per heavy atom. The molecule has 0 unspecified atom stereocenters. The van der Waals surface area contributed by atoms with Crippen LogP contribution in [0.2, 0.25) is 0 Å². The predicted molar refractivity (Wildman–Crippen MR) is 113 cm³/mol. The van der Waals surface area contributed by atoms with Gasteiger partial charge in [-0.1, -0.05) is 24.3 Å². The second-order valence-corrected chi connectivity index (χ2v) is 8.86. The first kappa shape index (κ1) is 21.8. The summed E-state index contributed by atoms with van der Waals surface area (Å²) >= 11 is 0.894. The van der Waals surface area contributed by atoms with Crippen LogP contribution >= 0.6 is 11.7 Å². The van der Waals surface area contributed by atoms with Crippen molar-refractivity contribution in [2.45, 2.75) is 31.7 Å². The number of nitrogens with one attached hydrogen (secondary N) is 2. The minimum absolute atomic E-state index is 0.0822. The van der Waals surface area contributed by atoms with Gasteiger partial charge in [-0.15, -0.1) is 0 Å². The van der Waals surface area contributed by atoms with Crippen LogP contribution in [-0.4, -0.2) is 41.7 Å². The van der Waals surface area contributed by atoms with Gasteiger partial charge in [0, 0.05) is 5.69 Å². The molecule has 0 saturated heterocycles. The number of hydrogen-bond acceptors (Lipinski definition) is 8. The van der Waals surface area contributed by atoms with E-state index in [0.717, 1.165) is 22.9 Å². The third-order valence-corrected chi connectivity index (χ3v) is 6.43. The molecule has 2 N–H and O–H groups in total. The normalized spacial score (nSPS) is 12.5. The number of aromatic nitrogens is 2. The van der Waals surface area contributed by atoms with Crippen molar-refractivity contribution in [1.82, 2.24) is 13.5 Å². The van der Waals surface area contributed by atoms with E-state index in [0.29, 0.717) is 11.2 Å². The van der Waals surface area contributed by atoms with Gasteiger partial charge < -0.3 is 10.1 Å². The van der Waals surface area contributed by atoms with Crippen molar-refractivity contribution >= 4 is 50.3 Å². The number of aryl methyl sites for hydroxylation is 2. The van der Waals surface area contributed by atoms with Crippen LogP contribution in [0.4, 0.5) is 5.69 Å². The quantitative estimate of drug-likeness (QED) is 0.530. The fourth-order valence-corrected chi connectivity index (χ4v) is 4.75. The van der Waals surface area contributed by atoms with Crippen LogP contribution in [0.1, 0.15) is 18.1 Å². The van der Waals surface area contributed by atoms with Gasteiger partial charge in [-0.25, -0.2) is 8.42 Å². The van der Waals surface area contributed by atoms with Crippen molar-refractivity contribution < 1.29 is 22.7 Å². The number of ether oxygens (including phenoxy) is 1. The van der Waals surface area contributed by atoms with Gasteiger partial charge in [0.05, 0.1) is 11.7 Å². The summed E-state index contributed by atoms with van der Waals surface area (Å²) in [6, 6.07) is 8.93. The first-order valence-corrected chi connectivity index (χ1v) is 11.2. The highest BCUT2D eigenvalue weighted by Crippen LogP contribution is 2.21. The lowest BCUT2D eigenvalue weighted by Gasteiger charge is -2.15. The van der Waals surface area contributed by atoms with E-state index in [1.807, 2.05) is 32.0 Å². The Labute approximate surface area is 177 Å². The molecule has 0 aliphatic carbocycles. The summed E-state index contributed by atoms with van der Waals surface area (Å²) in [5.74, 6) is -1.40. The fourth-order valence-electron chi connectivity index (χ4n) is 2.79. The van der Waals surface area contributed by atoms with Crippen LogP contribution in [-0.2, 0) is 24.3 Å². The first-order valence-electron chi connectivity index (χ1n) is 8.95. The lowest BCUT2D eigenvalue weighted by molar-refractivity contribution is -0.148. The zero-order valence-corrected chi connectivity index (χ0v) is 18.1. The van der Waals surface area contributed by atoms with Gasteiger partial charge in [0.15, 0.2) is 6.61 Å². The van der Waals surface area contributed by atoms with Gasteiger partial charge >= 0.3 is 5.97 Å². The topological polar surface area (TPSA) is 127 Å². The Kier molecular flexibility index (Phi) is 6.44. The summed E-state index contributed by atoms with van der Waals surface area (Å²) in [6.45, 7) is 4.50. The number of carbonyl (C=O) groups excluding carboxylic acids is 2. The molecule has 30 heavy (non-hydrogen) atoms. The van der Waals surface area contributed by atoms with Crippen molar-refractivity contribution in [2.75, 3.05) is 11.9 Å². The smallest absolute Gasteiger partial charge is 0.324 e. The standard InChI is InChI=1S/C19H20N4O5S2/c1-11-6-4-7-12(2)17(11)20-16(24)10-28-19(25)13(3)23-30(26,27)15-9-5-8-14-18(15)22-29-21-14/h4-9,13,23H,10H2,1-3H3,(H,20,24)/t13-/m0/s1. The summed E-state index contributed by atoms with van der Waals surface area (Å²) in [4.78, 5) is 24.2. The summed E-state index contributed by atoms with van der Waals surface area (Å²) in [7, 11) is -4.05. The van der Waals surface area contributed by atoms with E-state index in [-0.39, 0.29) is 10.4 Å². The van der Waals surface area contributed by atoms with Gasteiger partial charge in [-0.05, 0) is 44.0 Å². The Morgan fingerprint density at radius 2 is 1.77 bits per heavy atom. The van der Waals surface area contributed by atoms with Gasteiger partial charge in [0.2, 0.25) is 10.0 Å². The third kappa shape index (κ3) is 4.81. The maximum Gasteiger partial charge on any atom is 0.324 e. The average molecular weight is 449 g/mol. The number of amides is 1. The van der Waals surface area contributed by atoms with Crippen LogP contribution in [0, 0.1) is 13.8 Å². The molecule has 3 aromatic rings. The molecule has 0 aliphatic heterocycles. The molecular formula is C19H20N4O5S2. The zero-order chi connectivity index (χ0) is 21.9. The van der Waals surface area contributed by atoms with E-state index >= 15 is 0 Å². The number of para-hydroxylation sites is 1. The minimum Gasteiger partial charge on any atom is -0.454 e. The Balaban J connectivity index is 1.60. The molecule has 158 valence electrons. The Morgan fingerprint density at radius 3 is 2.47 bits per heavy atom. The molecule has 1 atom stereocenters.